The van der Waals surface area contributed by atoms with Crippen LogP contribution in [-0.4, -0.2) is 21.2 Å². The van der Waals surface area contributed by atoms with Crippen LogP contribution >= 0.6 is 23.1 Å². The van der Waals surface area contributed by atoms with Gasteiger partial charge >= 0.3 is 0 Å². The molecule has 0 fully saturated rings. The van der Waals surface area contributed by atoms with Gasteiger partial charge < -0.3 is 5.73 Å². The lowest BCUT2D eigenvalue weighted by Crippen LogP contribution is -2.23. The predicted octanol–water partition coefficient (Wildman–Crippen LogP) is 2.89. The summed E-state index contributed by atoms with van der Waals surface area (Å²) >= 11 is 2.58. The topological polar surface area (TPSA) is 78.0 Å². The Morgan fingerprint density at radius 1 is 1.38 bits per heavy atom. The van der Waals surface area contributed by atoms with Crippen molar-refractivity contribution in [3.05, 3.63) is 59.4 Å². The number of amides is 1. The number of benzene rings is 1. The lowest BCUT2D eigenvalue weighted by molar-refractivity contribution is -0.115. The van der Waals surface area contributed by atoms with E-state index in [2.05, 4.69) is 11.6 Å². The number of fused-ring (bicyclic) bond motifs is 1. The standard InChI is InChI=1S/C17H15N3O2S2/c1-2-8-20-16(22)15-12(19-17(20)23-10-14(18)21)9-13(24-15)11-6-4-3-5-7-11/h2-7,9H,1,8,10H2,(H2,18,21). The van der Waals surface area contributed by atoms with Gasteiger partial charge in [-0.25, -0.2) is 4.98 Å². The average Bonchev–Trinajstić information content (AvgIpc) is 3.01. The lowest BCUT2D eigenvalue weighted by atomic mass is 10.2. The van der Waals surface area contributed by atoms with E-state index in [1.54, 1.807) is 6.08 Å². The molecule has 1 aromatic carbocycles. The molecule has 3 rings (SSSR count). The van der Waals surface area contributed by atoms with Gasteiger partial charge in [0, 0.05) is 11.4 Å². The molecule has 0 saturated heterocycles. The zero-order valence-electron chi connectivity index (χ0n) is 12.8. The molecule has 0 spiro atoms. The summed E-state index contributed by atoms with van der Waals surface area (Å²) in [4.78, 5) is 29.4. The van der Waals surface area contributed by atoms with Crippen LogP contribution in [0.5, 0.6) is 0 Å². The van der Waals surface area contributed by atoms with Gasteiger partial charge in [0.05, 0.1) is 11.3 Å². The number of carbonyl (C=O) groups is 1. The van der Waals surface area contributed by atoms with Gasteiger partial charge in [0.15, 0.2) is 5.16 Å². The lowest BCUT2D eigenvalue weighted by Gasteiger charge is -2.08. The van der Waals surface area contributed by atoms with Gasteiger partial charge in [-0.2, -0.15) is 0 Å². The van der Waals surface area contributed by atoms with Crippen molar-refractivity contribution in [3.8, 4) is 10.4 Å². The summed E-state index contributed by atoms with van der Waals surface area (Å²) in [6.07, 6.45) is 1.63. The van der Waals surface area contributed by atoms with Gasteiger partial charge in [-0.15, -0.1) is 17.9 Å². The summed E-state index contributed by atoms with van der Waals surface area (Å²) in [7, 11) is 0. The molecule has 0 aliphatic rings. The van der Waals surface area contributed by atoms with Crippen LogP contribution < -0.4 is 11.3 Å². The van der Waals surface area contributed by atoms with E-state index in [1.807, 2.05) is 36.4 Å². The molecule has 2 aromatic heterocycles. The minimum Gasteiger partial charge on any atom is -0.369 e. The highest BCUT2D eigenvalue weighted by Gasteiger charge is 2.15. The number of nitrogens with zero attached hydrogens (tertiary/aromatic N) is 2. The Labute approximate surface area is 146 Å². The molecule has 0 saturated carbocycles. The van der Waals surface area contributed by atoms with E-state index < -0.39 is 5.91 Å². The van der Waals surface area contributed by atoms with Crippen molar-refractivity contribution in [1.29, 1.82) is 0 Å². The van der Waals surface area contributed by atoms with E-state index in [-0.39, 0.29) is 11.3 Å². The van der Waals surface area contributed by atoms with Crippen molar-refractivity contribution >= 4 is 39.2 Å². The summed E-state index contributed by atoms with van der Waals surface area (Å²) in [5, 5.41) is 0.476. The van der Waals surface area contributed by atoms with Gasteiger partial charge in [-0.05, 0) is 11.6 Å². The van der Waals surface area contributed by atoms with Gasteiger partial charge in [0.25, 0.3) is 5.56 Å². The number of nitrogens with two attached hydrogens (primary N) is 1. The maximum atomic E-state index is 12.8. The summed E-state index contributed by atoms with van der Waals surface area (Å²) < 4.78 is 2.12. The molecule has 0 aliphatic heterocycles. The largest absolute Gasteiger partial charge is 0.369 e. The molecular formula is C17H15N3O2S2. The number of carbonyl (C=O) groups excluding carboxylic acids is 1. The molecule has 24 heavy (non-hydrogen) atoms. The molecule has 3 aromatic rings. The molecule has 0 bridgehead atoms. The number of allylic oxidation sites excluding steroid dienone is 1. The quantitative estimate of drug-likeness (QED) is 0.418. The Balaban J connectivity index is 2.14. The Bertz CT molecular complexity index is 961. The highest BCUT2D eigenvalue weighted by molar-refractivity contribution is 7.99. The number of hydrogen-bond donors (Lipinski definition) is 1. The van der Waals surface area contributed by atoms with Crippen LogP contribution in [0.3, 0.4) is 0 Å². The molecule has 1 amide bonds. The first-order chi connectivity index (χ1) is 11.6. The van der Waals surface area contributed by atoms with Crippen molar-refractivity contribution in [2.75, 3.05) is 5.75 Å². The second-order valence-electron chi connectivity index (χ2n) is 5.04. The molecule has 0 aliphatic carbocycles. The minimum atomic E-state index is -0.449. The average molecular weight is 357 g/mol. The van der Waals surface area contributed by atoms with E-state index >= 15 is 0 Å². The van der Waals surface area contributed by atoms with Crippen molar-refractivity contribution in [2.45, 2.75) is 11.7 Å². The van der Waals surface area contributed by atoms with Crippen molar-refractivity contribution in [1.82, 2.24) is 9.55 Å². The molecule has 0 radical (unpaired) electrons. The van der Waals surface area contributed by atoms with Crippen LogP contribution in [0.1, 0.15) is 0 Å². The summed E-state index contributed by atoms with van der Waals surface area (Å²) in [6.45, 7) is 4.02. The van der Waals surface area contributed by atoms with Crippen molar-refractivity contribution < 1.29 is 4.79 Å². The first-order valence-electron chi connectivity index (χ1n) is 7.22. The predicted molar refractivity (Wildman–Crippen MR) is 99.4 cm³/mol. The number of hydrogen-bond acceptors (Lipinski definition) is 5. The first kappa shape index (κ1) is 16.5. The van der Waals surface area contributed by atoms with Gasteiger partial charge in [-0.1, -0.05) is 48.2 Å². The molecule has 2 N–H and O–H groups in total. The van der Waals surface area contributed by atoms with E-state index in [0.717, 1.165) is 22.2 Å². The fourth-order valence-corrected chi connectivity index (χ4v) is 4.07. The molecule has 7 heteroatoms. The normalized spacial score (nSPS) is 10.8. The zero-order valence-corrected chi connectivity index (χ0v) is 14.4. The van der Waals surface area contributed by atoms with Crippen LogP contribution in [0.25, 0.3) is 20.7 Å². The number of rotatable bonds is 6. The van der Waals surface area contributed by atoms with Crippen molar-refractivity contribution in [2.24, 2.45) is 5.73 Å². The Morgan fingerprint density at radius 3 is 2.79 bits per heavy atom. The SMILES string of the molecule is C=CCn1c(SCC(N)=O)nc2cc(-c3ccccc3)sc2c1=O. The molecule has 122 valence electrons. The van der Waals surface area contributed by atoms with Crippen molar-refractivity contribution in [3.63, 3.8) is 0 Å². The highest BCUT2D eigenvalue weighted by atomic mass is 32.2. The van der Waals surface area contributed by atoms with E-state index in [4.69, 9.17) is 5.73 Å². The van der Waals surface area contributed by atoms with E-state index in [9.17, 15) is 9.59 Å². The summed E-state index contributed by atoms with van der Waals surface area (Å²) in [5.41, 5.74) is 6.75. The van der Waals surface area contributed by atoms with Gasteiger partial charge in [0.1, 0.15) is 4.70 Å². The fourth-order valence-electron chi connectivity index (χ4n) is 2.27. The summed E-state index contributed by atoms with van der Waals surface area (Å²) in [6, 6.07) is 11.8. The van der Waals surface area contributed by atoms with Crippen LogP contribution in [0, 0.1) is 0 Å². The second-order valence-corrected chi connectivity index (χ2v) is 7.04. The monoisotopic (exact) mass is 357 g/mol. The molecule has 0 atom stereocenters. The first-order valence-corrected chi connectivity index (χ1v) is 9.02. The number of thioether (sulfide) groups is 1. The summed E-state index contributed by atoms with van der Waals surface area (Å²) in [5.74, 6) is -0.375. The molecule has 2 heterocycles. The third kappa shape index (κ3) is 3.27. The Kier molecular flexibility index (Phi) is 4.82. The molecule has 5 nitrogen and oxygen atoms in total. The number of aromatic nitrogens is 2. The Morgan fingerprint density at radius 2 is 2.12 bits per heavy atom. The minimum absolute atomic E-state index is 0.0742. The van der Waals surface area contributed by atoms with Crippen LogP contribution in [0.4, 0.5) is 0 Å². The number of thiophene rings is 1. The smallest absolute Gasteiger partial charge is 0.272 e. The maximum Gasteiger partial charge on any atom is 0.272 e. The van der Waals surface area contributed by atoms with Crippen LogP contribution in [0.15, 0.2) is 59.0 Å². The molecule has 0 unspecified atom stereocenters. The van der Waals surface area contributed by atoms with Gasteiger partial charge in [-0.3, -0.25) is 14.2 Å². The van der Waals surface area contributed by atoms with Crippen LogP contribution in [0.2, 0.25) is 0 Å². The van der Waals surface area contributed by atoms with E-state index in [1.165, 1.54) is 15.9 Å². The zero-order chi connectivity index (χ0) is 17.1. The number of primary amides is 1. The van der Waals surface area contributed by atoms with Crippen LogP contribution in [-0.2, 0) is 11.3 Å². The highest BCUT2D eigenvalue weighted by Crippen LogP contribution is 2.31. The third-order valence-corrected chi connectivity index (χ3v) is 5.47. The second kappa shape index (κ2) is 7.02. The van der Waals surface area contributed by atoms with Gasteiger partial charge in [0.2, 0.25) is 5.91 Å². The Hall–Kier alpha value is -2.38. The molecular weight excluding hydrogens is 342 g/mol. The maximum absolute atomic E-state index is 12.8. The fraction of sp³-hybridized carbons (Fsp3) is 0.118. The third-order valence-electron chi connectivity index (χ3n) is 3.31. The van der Waals surface area contributed by atoms with E-state index in [0.29, 0.717) is 21.9 Å².